The van der Waals surface area contributed by atoms with Gasteiger partial charge in [-0.1, -0.05) is 6.92 Å². The fourth-order valence-corrected chi connectivity index (χ4v) is 4.58. The molecule has 0 aromatic carbocycles. The second-order valence-corrected chi connectivity index (χ2v) is 6.37. The third-order valence-electron chi connectivity index (χ3n) is 5.29. The van der Waals surface area contributed by atoms with E-state index in [9.17, 15) is 5.11 Å². The van der Waals surface area contributed by atoms with E-state index in [0.717, 1.165) is 12.8 Å². The lowest BCUT2D eigenvalue weighted by Crippen LogP contribution is -2.70. The van der Waals surface area contributed by atoms with Gasteiger partial charge in [0.15, 0.2) is 0 Å². The average Bonchev–Trinajstić information content (AvgIpc) is 2.34. The first-order chi connectivity index (χ1) is 7.37. The first-order valence-corrected chi connectivity index (χ1v) is 6.11. The molecule has 2 saturated heterocycles. The minimum Gasteiger partial charge on any atom is -0.392 e. The van der Waals surface area contributed by atoms with Crippen LogP contribution in [0.15, 0.2) is 0 Å². The molecule has 0 spiro atoms. The summed E-state index contributed by atoms with van der Waals surface area (Å²) in [6.45, 7) is 6.07. The van der Waals surface area contributed by atoms with E-state index in [1.807, 2.05) is 6.92 Å². The molecule has 16 heavy (non-hydrogen) atoms. The smallest absolute Gasteiger partial charge is 0.281 e. The summed E-state index contributed by atoms with van der Waals surface area (Å²) in [5.41, 5.74) is -0.494. The number of hydrogen-bond acceptors (Lipinski definition) is 4. The highest BCUT2D eigenvalue weighted by Gasteiger charge is 2.76. The monoisotopic (exact) mass is 226 g/mol. The van der Waals surface area contributed by atoms with Gasteiger partial charge in [-0.2, -0.15) is 0 Å². The topological polar surface area (TPSA) is 47.9 Å². The lowest BCUT2D eigenvalue weighted by molar-refractivity contribution is -0.395. The molecule has 7 atom stereocenters. The Morgan fingerprint density at radius 3 is 2.69 bits per heavy atom. The van der Waals surface area contributed by atoms with Crippen LogP contribution >= 0.6 is 0 Å². The van der Waals surface area contributed by atoms with Crippen LogP contribution in [0, 0.1) is 11.3 Å². The van der Waals surface area contributed by atoms with Crippen LogP contribution in [0.2, 0.25) is 0 Å². The second kappa shape index (κ2) is 2.34. The molecular weight excluding hydrogens is 208 g/mol. The van der Waals surface area contributed by atoms with Crippen molar-refractivity contribution in [3.05, 3.63) is 0 Å². The van der Waals surface area contributed by atoms with Gasteiger partial charge in [-0.15, -0.1) is 0 Å². The molecule has 1 N–H and O–H groups in total. The fraction of sp³-hybridized carbons (Fsp3) is 1.00. The van der Waals surface area contributed by atoms with E-state index >= 15 is 0 Å². The summed E-state index contributed by atoms with van der Waals surface area (Å²) < 4.78 is 17.9. The molecule has 1 unspecified atom stereocenters. The lowest BCUT2D eigenvalue weighted by Gasteiger charge is -2.61. The Hall–Kier alpha value is -0.160. The zero-order chi connectivity index (χ0) is 11.3. The molecule has 3 aliphatic carbocycles. The molecule has 3 saturated carbocycles. The van der Waals surface area contributed by atoms with Crippen molar-refractivity contribution in [3.63, 3.8) is 0 Å². The minimum absolute atomic E-state index is 0.0440. The zero-order valence-electron chi connectivity index (χ0n) is 9.90. The molecule has 2 aliphatic heterocycles. The van der Waals surface area contributed by atoms with Gasteiger partial charge in [0.2, 0.25) is 0 Å². The van der Waals surface area contributed by atoms with E-state index in [1.54, 1.807) is 0 Å². The average molecular weight is 226 g/mol. The quantitative estimate of drug-likeness (QED) is 0.670. The molecule has 0 aromatic rings. The Balaban J connectivity index is 1.92. The van der Waals surface area contributed by atoms with Crippen molar-refractivity contribution in [1.29, 1.82) is 0 Å². The molecule has 2 heterocycles. The molecule has 4 nitrogen and oxygen atoms in total. The van der Waals surface area contributed by atoms with Gasteiger partial charge in [0.05, 0.1) is 12.2 Å². The van der Waals surface area contributed by atoms with Crippen LogP contribution in [0.1, 0.15) is 33.6 Å². The van der Waals surface area contributed by atoms with E-state index in [-0.39, 0.29) is 35.2 Å². The minimum atomic E-state index is -0.887. The standard InChI is InChI=1S/C12H18O4/c1-10-5-7-6(4-8(10)13)11(2)9(10)15-12(3,14-7)16-11/h6-9,13H,4-5H2,1-3H3/t6-,7-,8+,9-,10-,11+,12?/m1/s1. The van der Waals surface area contributed by atoms with Gasteiger partial charge in [-0.3, -0.25) is 0 Å². The van der Waals surface area contributed by atoms with Crippen LogP contribution in [0.4, 0.5) is 0 Å². The maximum atomic E-state index is 10.2. The van der Waals surface area contributed by atoms with Gasteiger partial charge >= 0.3 is 0 Å². The number of rotatable bonds is 0. The van der Waals surface area contributed by atoms with Gasteiger partial charge in [0.25, 0.3) is 5.97 Å². The summed E-state index contributed by atoms with van der Waals surface area (Å²) in [6, 6.07) is 0. The van der Waals surface area contributed by atoms with Crippen molar-refractivity contribution in [2.45, 2.75) is 63.5 Å². The predicted molar refractivity (Wildman–Crippen MR) is 54.5 cm³/mol. The van der Waals surface area contributed by atoms with Crippen molar-refractivity contribution in [2.24, 2.45) is 11.3 Å². The van der Waals surface area contributed by atoms with Crippen molar-refractivity contribution in [2.75, 3.05) is 0 Å². The molecule has 90 valence electrons. The van der Waals surface area contributed by atoms with Gasteiger partial charge in [0.1, 0.15) is 11.7 Å². The fourth-order valence-electron chi connectivity index (χ4n) is 4.58. The van der Waals surface area contributed by atoms with Gasteiger partial charge in [-0.05, 0) is 19.8 Å². The Morgan fingerprint density at radius 1 is 1.19 bits per heavy atom. The largest absolute Gasteiger partial charge is 0.392 e. The molecule has 5 bridgehead atoms. The Bertz CT molecular complexity index is 368. The molecular formula is C12H18O4. The van der Waals surface area contributed by atoms with Crippen molar-refractivity contribution < 1.29 is 19.3 Å². The van der Waals surface area contributed by atoms with E-state index in [4.69, 9.17) is 14.2 Å². The molecule has 5 aliphatic rings. The van der Waals surface area contributed by atoms with Gasteiger partial charge in [0, 0.05) is 18.3 Å². The van der Waals surface area contributed by atoms with Crippen LogP contribution in [-0.4, -0.2) is 35.0 Å². The molecule has 0 radical (unpaired) electrons. The van der Waals surface area contributed by atoms with Crippen molar-refractivity contribution in [1.82, 2.24) is 0 Å². The van der Waals surface area contributed by atoms with Crippen LogP contribution in [-0.2, 0) is 14.2 Å². The Morgan fingerprint density at radius 2 is 1.94 bits per heavy atom. The van der Waals surface area contributed by atoms with Crippen molar-refractivity contribution >= 4 is 0 Å². The number of hydrogen-bond donors (Lipinski definition) is 1. The third-order valence-corrected chi connectivity index (χ3v) is 5.29. The maximum absolute atomic E-state index is 10.2. The number of aliphatic hydroxyl groups is 1. The summed E-state index contributed by atoms with van der Waals surface area (Å²) in [4.78, 5) is 0. The zero-order valence-corrected chi connectivity index (χ0v) is 9.90. The molecule has 5 fully saturated rings. The SMILES string of the molecule is CC12O[C@@H]3[C@]4(C)C[C@@H](O1)[C@@H](C[C@@H]4O)[C@]3(C)O2. The number of fused-ring (bicyclic) bond motifs is 2. The highest BCUT2D eigenvalue weighted by molar-refractivity contribution is 5.20. The van der Waals surface area contributed by atoms with Crippen LogP contribution in [0.3, 0.4) is 0 Å². The van der Waals surface area contributed by atoms with E-state index in [2.05, 4.69) is 13.8 Å². The van der Waals surface area contributed by atoms with E-state index < -0.39 is 5.97 Å². The summed E-state index contributed by atoms with van der Waals surface area (Å²) >= 11 is 0. The van der Waals surface area contributed by atoms with Gasteiger partial charge in [-0.25, -0.2) is 0 Å². The van der Waals surface area contributed by atoms with Gasteiger partial charge < -0.3 is 19.3 Å². The number of ether oxygens (including phenoxy) is 3. The summed E-state index contributed by atoms with van der Waals surface area (Å²) in [6.07, 6.45) is 1.50. The lowest BCUT2D eigenvalue weighted by atomic mass is 9.51. The van der Waals surface area contributed by atoms with Crippen LogP contribution in [0.5, 0.6) is 0 Å². The van der Waals surface area contributed by atoms with Crippen molar-refractivity contribution in [3.8, 4) is 0 Å². The normalized spacial score (nSPS) is 71.2. The molecule has 0 amide bonds. The number of aliphatic hydroxyl groups excluding tert-OH is 1. The summed E-state index contributed by atoms with van der Waals surface area (Å²) in [7, 11) is 0. The first-order valence-electron chi connectivity index (χ1n) is 6.11. The highest BCUT2D eigenvalue weighted by atomic mass is 16.9. The third kappa shape index (κ3) is 0.817. The van der Waals surface area contributed by atoms with Crippen LogP contribution < -0.4 is 0 Å². The van der Waals surface area contributed by atoms with Crippen LogP contribution in [0.25, 0.3) is 0 Å². The maximum Gasteiger partial charge on any atom is 0.281 e. The molecule has 5 rings (SSSR count). The Labute approximate surface area is 94.9 Å². The molecule has 4 heteroatoms. The highest BCUT2D eigenvalue weighted by Crippen LogP contribution is 2.66. The molecule has 0 aromatic heterocycles. The summed E-state index contributed by atoms with van der Waals surface area (Å²) in [5.74, 6) is -0.618. The summed E-state index contributed by atoms with van der Waals surface area (Å²) in [5, 5.41) is 10.2. The van der Waals surface area contributed by atoms with E-state index in [1.165, 1.54) is 0 Å². The predicted octanol–water partition coefficient (Wildman–Crippen LogP) is 1.02. The Kier molecular flexibility index (Phi) is 1.44. The first kappa shape index (κ1) is 9.83. The van der Waals surface area contributed by atoms with E-state index in [0.29, 0.717) is 0 Å². The second-order valence-electron chi connectivity index (χ2n) is 6.37.